The van der Waals surface area contributed by atoms with Crippen LogP contribution in [-0.4, -0.2) is 65.8 Å². The zero-order chi connectivity index (χ0) is 21.8. The van der Waals surface area contributed by atoms with Gasteiger partial charge in [0.05, 0.1) is 13.0 Å². The van der Waals surface area contributed by atoms with E-state index in [2.05, 4.69) is 17.0 Å². The summed E-state index contributed by atoms with van der Waals surface area (Å²) in [6.07, 6.45) is 0.0438. The third kappa shape index (κ3) is 5.22. The average molecular weight is 426 g/mol. The van der Waals surface area contributed by atoms with Crippen LogP contribution in [0.2, 0.25) is 0 Å². The maximum Gasteiger partial charge on any atom is 0.227 e. The lowest BCUT2D eigenvalue weighted by molar-refractivity contribution is -0.131. The molecule has 1 fully saturated rings. The molecule has 2 aliphatic heterocycles. The lowest BCUT2D eigenvalue weighted by Gasteiger charge is -2.34. The topological polar surface area (TPSA) is 53.1 Å². The fourth-order valence-electron chi connectivity index (χ4n) is 4.15. The first-order valence-electron chi connectivity index (χ1n) is 10.7. The molecule has 2 amide bonds. The molecule has 6 nitrogen and oxygen atoms in total. The SMILES string of the molecule is CC(=O)N1CCN(Cc2ccc3c(c2)CN(C(=O)Cc2ccccc2F)CCO3)CC1. The molecule has 2 aromatic carbocycles. The lowest BCUT2D eigenvalue weighted by atomic mass is 10.1. The number of hydrogen-bond acceptors (Lipinski definition) is 4. The van der Waals surface area contributed by atoms with E-state index in [1.807, 2.05) is 11.0 Å². The van der Waals surface area contributed by atoms with E-state index in [0.717, 1.165) is 49.6 Å². The Morgan fingerprint density at radius 2 is 1.77 bits per heavy atom. The number of carbonyl (C=O) groups is 2. The molecule has 164 valence electrons. The van der Waals surface area contributed by atoms with Gasteiger partial charge in [0.1, 0.15) is 18.2 Å². The molecular weight excluding hydrogens is 397 g/mol. The van der Waals surface area contributed by atoms with Gasteiger partial charge in [0.15, 0.2) is 0 Å². The van der Waals surface area contributed by atoms with Crippen molar-refractivity contribution in [3.63, 3.8) is 0 Å². The van der Waals surface area contributed by atoms with Gasteiger partial charge < -0.3 is 14.5 Å². The van der Waals surface area contributed by atoms with Crippen LogP contribution in [0, 0.1) is 5.82 Å². The maximum absolute atomic E-state index is 14.0. The third-order valence-corrected chi connectivity index (χ3v) is 5.98. The number of rotatable bonds is 4. The number of benzene rings is 2. The Morgan fingerprint density at radius 1 is 1.00 bits per heavy atom. The molecule has 0 aromatic heterocycles. The van der Waals surface area contributed by atoms with E-state index in [1.54, 1.807) is 30.0 Å². The van der Waals surface area contributed by atoms with Crippen molar-refractivity contribution in [2.45, 2.75) is 26.4 Å². The number of piperazine rings is 1. The summed E-state index contributed by atoms with van der Waals surface area (Å²) in [7, 11) is 0. The Balaban J connectivity index is 1.41. The molecule has 0 aliphatic carbocycles. The molecule has 0 spiro atoms. The van der Waals surface area contributed by atoms with Crippen LogP contribution < -0.4 is 4.74 Å². The van der Waals surface area contributed by atoms with Crippen LogP contribution in [0.4, 0.5) is 4.39 Å². The molecule has 2 aromatic rings. The second-order valence-electron chi connectivity index (χ2n) is 8.16. The monoisotopic (exact) mass is 425 g/mol. The summed E-state index contributed by atoms with van der Waals surface area (Å²) in [5.41, 5.74) is 2.54. The Labute approximate surface area is 182 Å². The quantitative estimate of drug-likeness (QED) is 0.755. The number of hydrogen-bond donors (Lipinski definition) is 0. The molecule has 0 N–H and O–H groups in total. The number of fused-ring (bicyclic) bond motifs is 1. The maximum atomic E-state index is 14.0. The Kier molecular flexibility index (Phi) is 6.51. The highest BCUT2D eigenvalue weighted by atomic mass is 19.1. The predicted octanol–water partition coefficient (Wildman–Crippen LogP) is 2.45. The number of carbonyl (C=O) groups excluding carboxylic acids is 2. The number of ether oxygens (including phenoxy) is 1. The smallest absolute Gasteiger partial charge is 0.227 e. The van der Waals surface area contributed by atoms with Crippen molar-refractivity contribution in [3.8, 4) is 5.75 Å². The third-order valence-electron chi connectivity index (χ3n) is 5.98. The highest BCUT2D eigenvalue weighted by molar-refractivity contribution is 5.79. The molecule has 0 radical (unpaired) electrons. The normalized spacial score (nSPS) is 17.0. The van der Waals surface area contributed by atoms with E-state index in [1.165, 1.54) is 6.07 Å². The molecule has 31 heavy (non-hydrogen) atoms. The molecule has 2 aliphatic rings. The minimum absolute atomic E-state index is 0.0438. The van der Waals surface area contributed by atoms with Crippen molar-refractivity contribution in [3.05, 3.63) is 65.0 Å². The van der Waals surface area contributed by atoms with Crippen molar-refractivity contribution in [2.24, 2.45) is 0 Å². The summed E-state index contributed by atoms with van der Waals surface area (Å²) >= 11 is 0. The second kappa shape index (κ2) is 9.47. The molecule has 4 rings (SSSR count). The summed E-state index contributed by atoms with van der Waals surface area (Å²) in [5, 5.41) is 0. The second-order valence-corrected chi connectivity index (χ2v) is 8.16. The lowest BCUT2D eigenvalue weighted by Crippen LogP contribution is -2.47. The van der Waals surface area contributed by atoms with E-state index in [-0.39, 0.29) is 24.1 Å². The van der Waals surface area contributed by atoms with Crippen LogP contribution in [0.1, 0.15) is 23.6 Å². The minimum atomic E-state index is -0.352. The molecule has 0 saturated carbocycles. The van der Waals surface area contributed by atoms with Gasteiger partial charge in [-0.3, -0.25) is 14.5 Å². The zero-order valence-corrected chi connectivity index (χ0v) is 17.8. The largest absolute Gasteiger partial charge is 0.491 e. The summed E-state index contributed by atoms with van der Waals surface area (Å²) in [4.78, 5) is 30.3. The van der Waals surface area contributed by atoms with Crippen molar-refractivity contribution >= 4 is 11.8 Å². The number of halogens is 1. The van der Waals surface area contributed by atoms with Gasteiger partial charge in [0, 0.05) is 51.8 Å². The van der Waals surface area contributed by atoms with Crippen LogP contribution >= 0.6 is 0 Å². The van der Waals surface area contributed by atoms with E-state index in [0.29, 0.717) is 25.3 Å². The van der Waals surface area contributed by atoms with Gasteiger partial charge in [0.2, 0.25) is 11.8 Å². The molecule has 7 heteroatoms. The van der Waals surface area contributed by atoms with Gasteiger partial charge >= 0.3 is 0 Å². The van der Waals surface area contributed by atoms with E-state index < -0.39 is 0 Å². The highest BCUT2D eigenvalue weighted by Crippen LogP contribution is 2.26. The van der Waals surface area contributed by atoms with Crippen molar-refractivity contribution in [1.29, 1.82) is 0 Å². The average Bonchev–Trinajstić information content (AvgIpc) is 2.98. The van der Waals surface area contributed by atoms with Crippen molar-refractivity contribution in [1.82, 2.24) is 14.7 Å². The van der Waals surface area contributed by atoms with Gasteiger partial charge in [-0.2, -0.15) is 0 Å². The first-order chi connectivity index (χ1) is 15.0. The van der Waals surface area contributed by atoms with Crippen LogP contribution in [0.3, 0.4) is 0 Å². The van der Waals surface area contributed by atoms with Gasteiger partial charge in [0.25, 0.3) is 0 Å². The van der Waals surface area contributed by atoms with E-state index >= 15 is 0 Å². The zero-order valence-electron chi connectivity index (χ0n) is 17.8. The summed E-state index contributed by atoms with van der Waals surface area (Å²) in [6.45, 7) is 6.95. The molecule has 0 unspecified atom stereocenters. The van der Waals surface area contributed by atoms with Gasteiger partial charge in [-0.15, -0.1) is 0 Å². The molecule has 1 saturated heterocycles. The van der Waals surface area contributed by atoms with Gasteiger partial charge in [-0.1, -0.05) is 24.3 Å². The Morgan fingerprint density at radius 3 is 2.52 bits per heavy atom. The highest BCUT2D eigenvalue weighted by Gasteiger charge is 2.22. The van der Waals surface area contributed by atoms with Crippen LogP contribution in [0.15, 0.2) is 42.5 Å². The Bertz CT molecular complexity index is 957. The van der Waals surface area contributed by atoms with Crippen LogP contribution in [0.25, 0.3) is 0 Å². The Hall–Kier alpha value is -2.93. The van der Waals surface area contributed by atoms with E-state index in [9.17, 15) is 14.0 Å². The number of amides is 2. The van der Waals surface area contributed by atoms with Gasteiger partial charge in [-0.05, 0) is 29.3 Å². The predicted molar refractivity (Wildman–Crippen MR) is 115 cm³/mol. The molecular formula is C24H28FN3O3. The summed E-state index contributed by atoms with van der Waals surface area (Å²) < 4.78 is 19.8. The summed E-state index contributed by atoms with van der Waals surface area (Å²) in [5.74, 6) is 0.468. The fraction of sp³-hybridized carbons (Fsp3) is 0.417. The van der Waals surface area contributed by atoms with E-state index in [4.69, 9.17) is 4.74 Å². The molecule has 0 atom stereocenters. The molecule has 2 heterocycles. The van der Waals surface area contributed by atoms with Gasteiger partial charge in [-0.25, -0.2) is 4.39 Å². The summed E-state index contributed by atoms with van der Waals surface area (Å²) in [6, 6.07) is 12.5. The minimum Gasteiger partial charge on any atom is -0.491 e. The first-order valence-corrected chi connectivity index (χ1v) is 10.7. The first kappa shape index (κ1) is 21.3. The van der Waals surface area contributed by atoms with Crippen molar-refractivity contribution < 1.29 is 18.7 Å². The van der Waals surface area contributed by atoms with Crippen LogP contribution in [-0.2, 0) is 29.1 Å². The van der Waals surface area contributed by atoms with Crippen LogP contribution in [0.5, 0.6) is 5.75 Å². The fourth-order valence-corrected chi connectivity index (χ4v) is 4.15. The van der Waals surface area contributed by atoms with Crippen molar-refractivity contribution in [2.75, 3.05) is 39.3 Å². The number of nitrogens with zero attached hydrogens (tertiary/aromatic N) is 3. The molecule has 0 bridgehead atoms. The standard InChI is InChI=1S/C24H28FN3O3/c1-18(29)27-10-8-26(9-11-27)16-19-6-7-23-21(14-19)17-28(12-13-31-23)24(30)15-20-4-2-3-5-22(20)25/h2-7,14H,8-13,15-17H2,1H3.